The van der Waals surface area contributed by atoms with E-state index in [2.05, 4.69) is 0 Å². The Kier molecular flexibility index (Phi) is 5.45. The summed E-state index contributed by atoms with van der Waals surface area (Å²) in [5.41, 5.74) is 0. The van der Waals surface area contributed by atoms with Gasteiger partial charge in [0, 0.05) is 32.2 Å². The number of fused-ring (bicyclic) bond motifs is 1. The van der Waals surface area contributed by atoms with Gasteiger partial charge in [0.15, 0.2) is 11.5 Å². The molecule has 9 heteroatoms. The van der Waals surface area contributed by atoms with Crippen molar-refractivity contribution in [2.45, 2.75) is 17.7 Å². The molecule has 138 valence electrons. The van der Waals surface area contributed by atoms with Crippen molar-refractivity contribution in [2.24, 2.45) is 0 Å². The third-order valence-electron chi connectivity index (χ3n) is 4.34. The molecular formula is C16H22N2O6S. The van der Waals surface area contributed by atoms with Gasteiger partial charge in [0.2, 0.25) is 10.0 Å². The van der Waals surface area contributed by atoms with E-state index in [-0.39, 0.29) is 11.3 Å². The Morgan fingerprint density at radius 3 is 2.60 bits per heavy atom. The number of aliphatic carboxylic acids is 1. The maximum absolute atomic E-state index is 12.9. The standard InChI is InChI=1S/C16H22N2O6S/c19-16(20)4-7-17-5-1-6-18(9-8-17)25(21,22)13-2-3-14-15(12-13)24-11-10-23-14/h2-3,12H,1,4-11H2,(H,19,20). The lowest BCUT2D eigenvalue weighted by molar-refractivity contribution is -0.137. The zero-order valence-electron chi connectivity index (χ0n) is 13.9. The molecule has 0 atom stereocenters. The van der Waals surface area contributed by atoms with Gasteiger partial charge in [0.05, 0.1) is 11.3 Å². The lowest BCUT2D eigenvalue weighted by atomic mass is 10.3. The fourth-order valence-electron chi connectivity index (χ4n) is 3.00. The molecule has 0 unspecified atom stereocenters. The molecule has 1 N–H and O–H groups in total. The van der Waals surface area contributed by atoms with Crippen LogP contribution in [0.4, 0.5) is 0 Å². The maximum atomic E-state index is 12.9. The number of nitrogens with zero attached hydrogens (tertiary/aromatic N) is 2. The highest BCUT2D eigenvalue weighted by molar-refractivity contribution is 7.89. The van der Waals surface area contributed by atoms with Crippen LogP contribution in [0.3, 0.4) is 0 Å². The molecule has 2 aliphatic rings. The number of hydrogen-bond donors (Lipinski definition) is 1. The first-order chi connectivity index (χ1) is 12.0. The molecule has 0 aromatic heterocycles. The van der Waals surface area contributed by atoms with E-state index in [0.29, 0.717) is 63.9 Å². The van der Waals surface area contributed by atoms with Crippen LogP contribution in [0.5, 0.6) is 11.5 Å². The van der Waals surface area contributed by atoms with Gasteiger partial charge in [-0.1, -0.05) is 0 Å². The smallest absolute Gasteiger partial charge is 0.304 e. The average Bonchev–Trinajstić information content (AvgIpc) is 2.85. The first-order valence-electron chi connectivity index (χ1n) is 8.31. The second-order valence-corrected chi connectivity index (χ2v) is 7.99. The van der Waals surface area contributed by atoms with Crippen LogP contribution in [-0.4, -0.2) is 74.6 Å². The third kappa shape index (κ3) is 4.23. The monoisotopic (exact) mass is 370 g/mol. The van der Waals surface area contributed by atoms with E-state index in [0.717, 1.165) is 0 Å². The minimum Gasteiger partial charge on any atom is -0.486 e. The molecule has 1 aromatic rings. The molecule has 1 aromatic carbocycles. The summed E-state index contributed by atoms with van der Waals surface area (Å²) in [4.78, 5) is 12.9. The SMILES string of the molecule is O=C(O)CCN1CCCN(S(=O)(=O)c2ccc3c(c2)OCCO3)CC1. The van der Waals surface area contributed by atoms with Gasteiger partial charge in [0.25, 0.3) is 0 Å². The van der Waals surface area contributed by atoms with Crippen molar-refractivity contribution in [3.05, 3.63) is 18.2 Å². The Morgan fingerprint density at radius 1 is 1.08 bits per heavy atom. The Bertz CT molecular complexity index is 736. The van der Waals surface area contributed by atoms with Gasteiger partial charge < -0.3 is 19.5 Å². The van der Waals surface area contributed by atoms with Crippen LogP contribution in [0.1, 0.15) is 12.8 Å². The van der Waals surface area contributed by atoms with Crippen LogP contribution in [0.25, 0.3) is 0 Å². The summed E-state index contributed by atoms with van der Waals surface area (Å²) in [6.07, 6.45) is 0.734. The highest BCUT2D eigenvalue weighted by Crippen LogP contribution is 2.33. The molecule has 2 aliphatic heterocycles. The summed E-state index contributed by atoms with van der Waals surface area (Å²) < 4.78 is 38.2. The van der Waals surface area contributed by atoms with Gasteiger partial charge in [-0.05, 0) is 25.1 Å². The van der Waals surface area contributed by atoms with Gasteiger partial charge in [-0.2, -0.15) is 4.31 Å². The van der Waals surface area contributed by atoms with Crippen molar-refractivity contribution in [2.75, 3.05) is 45.9 Å². The Hall–Kier alpha value is -1.84. The first-order valence-corrected chi connectivity index (χ1v) is 9.75. The van der Waals surface area contributed by atoms with Crippen LogP contribution < -0.4 is 9.47 Å². The summed E-state index contributed by atoms with van der Waals surface area (Å²) in [6, 6.07) is 4.67. The Balaban J connectivity index is 1.71. The van der Waals surface area contributed by atoms with Crippen molar-refractivity contribution in [1.29, 1.82) is 0 Å². The lowest BCUT2D eigenvalue weighted by Crippen LogP contribution is -2.35. The summed E-state index contributed by atoms with van der Waals surface area (Å²) in [7, 11) is -3.62. The Labute approximate surface area is 147 Å². The minimum absolute atomic E-state index is 0.0644. The molecule has 8 nitrogen and oxygen atoms in total. The number of carboxylic acid groups (broad SMARTS) is 1. The van der Waals surface area contributed by atoms with E-state index < -0.39 is 16.0 Å². The normalized spacial score (nSPS) is 19.4. The quantitative estimate of drug-likeness (QED) is 0.812. The number of sulfonamides is 1. The van der Waals surface area contributed by atoms with Gasteiger partial charge in [-0.3, -0.25) is 4.79 Å². The number of carbonyl (C=O) groups is 1. The minimum atomic E-state index is -3.62. The van der Waals surface area contributed by atoms with E-state index in [1.54, 1.807) is 6.07 Å². The lowest BCUT2D eigenvalue weighted by Gasteiger charge is -2.23. The third-order valence-corrected chi connectivity index (χ3v) is 6.24. The van der Waals surface area contributed by atoms with Crippen molar-refractivity contribution in [1.82, 2.24) is 9.21 Å². The van der Waals surface area contributed by atoms with Crippen LogP contribution in [0, 0.1) is 0 Å². The molecule has 0 radical (unpaired) electrons. The molecule has 0 amide bonds. The van der Waals surface area contributed by atoms with Gasteiger partial charge in [-0.25, -0.2) is 8.42 Å². The number of carboxylic acids is 1. The van der Waals surface area contributed by atoms with Crippen molar-refractivity contribution in [3.8, 4) is 11.5 Å². The number of benzene rings is 1. The van der Waals surface area contributed by atoms with E-state index in [1.807, 2.05) is 4.90 Å². The summed E-state index contributed by atoms with van der Waals surface area (Å²) in [5.74, 6) is 0.163. The predicted octanol–water partition coefficient (Wildman–Crippen LogP) is 0.629. The van der Waals surface area contributed by atoms with Crippen molar-refractivity contribution < 1.29 is 27.8 Å². The highest BCUT2D eigenvalue weighted by atomic mass is 32.2. The molecule has 1 fully saturated rings. The molecule has 0 spiro atoms. The van der Waals surface area contributed by atoms with Crippen molar-refractivity contribution >= 4 is 16.0 Å². The average molecular weight is 370 g/mol. The number of hydrogen-bond acceptors (Lipinski definition) is 6. The van der Waals surface area contributed by atoms with Gasteiger partial charge >= 0.3 is 5.97 Å². The molecular weight excluding hydrogens is 348 g/mol. The maximum Gasteiger partial charge on any atom is 0.304 e. The van der Waals surface area contributed by atoms with Crippen LogP contribution >= 0.6 is 0 Å². The van der Waals surface area contributed by atoms with Crippen LogP contribution in [0.2, 0.25) is 0 Å². The summed E-state index contributed by atoms with van der Waals surface area (Å²) in [6.45, 7) is 3.28. The molecule has 2 heterocycles. The molecule has 25 heavy (non-hydrogen) atoms. The van der Waals surface area contributed by atoms with Gasteiger partial charge in [0.1, 0.15) is 13.2 Å². The topological polar surface area (TPSA) is 96.4 Å². The molecule has 3 rings (SSSR count). The summed E-state index contributed by atoms with van der Waals surface area (Å²) in [5, 5.41) is 8.79. The zero-order valence-corrected chi connectivity index (χ0v) is 14.7. The van der Waals surface area contributed by atoms with Crippen molar-refractivity contribution in [3.63, 3.8) is 0 Å². The van der Waals surface area contributed by atoms with Crippen LogP contribution in [0.15, 0.2) is 23.1 Å². The molecule has 0 aliphatic carbocycles. The Morgan fingerprint density at radius 2 is 1.84 bits per heavy atom. The van der Waals surface area contributed by atoms with E-state index >= 15 is 0 Å². The first kappa shape index (κ1) is 18.0. The summed E-state index contributed by atoms with van der Waals surface area (Å²) >= 11 is 0. The zero-order chi connectivity index (χ0) is 17.9. The number of ether oxygens (including phenoxy) is 2. The van der Waals surface area contributed by atoms with Gasteiger partial charge in [-0.15, -0.1) is 0 Å². The highest BCUT2D eigenvalue weighted by Gasteiger charge is 2.28. The predicted molar refractivity (Wildman–Crippen MR) is 89.5 cm³/mol. The number of rotatable bonds is 5. The van der Waals surface area contributed by atoms with Crippen LogP contribution in [-0.2, 0) is 14.8 Å². The van der Waals surface area contributed by atoms with E-state index in [4.69, 9.17) is 14.6 Å². The largest absolute Gasteiger partial charge is 0.486 e. The second kappa shape index (κ2) is 7.59. The van der Waals surface area contributed by atoms with E-state index in [1.165, 1.54) is 16.4 Å². The fourth-order valence-corrected chi connectivity index (χ4v) is 4.48. The molecule has 0 bridgehead atoms. The second-order valence-electron chi connectivity index (χ2n) is 6.05. The molecule has 1 saturated heterocycles. The molecule has 0 saturated carbocycles. The van der Waals surface area contributed by atoms with E-state index in [9.17, 15) is 13.2 Å². The fraction of sp³-hybridized carbons (Fsp3) is 0.562.